The van der Waals surface area contributed by atoms with E-state index in [4.69, 9.17) is 0 Å². The van der Waals surface area contributed by atoms with Crippen LogP contribution in [0.4, 0.5) is 85.3 Å². The van der Waals surface area contributed by atoms with E-state index in [2.05, 4.69) is 613 Å². The predicted molar refractivity (Wildman–Crippen MR) is 633 cm³/mol. The molecule has 5 heteroatoms. The summed E-state index contributed by atoms with van der Waals surface area (Å²) in [6.45, 7) is 0. The van der Waals surface area contributed by atoms with Crippen molar-refractivity contribution in [2.75, 3.05) is 24.5 Å². The second kappa shape index (κ2) is 41.9. The first kappa shape index (κ1) is 92.0. The minimum absolute atomic E-state index is 1.01. The van der Waals surface area contributed by atoms with Gasteiger partial charge in [0.05, 0.1) is 0 Å². The van der Waals surface area contributed by atoms with Gasteiger partial charge in [0.1, 0.15) is 0 Å². The van der Waals surface area contributed by atoms with Gasteiger partial charge in [-0.1, -0.05) is 400 Å². The van der Waals surface area contributed by atoms with Crippen LogP contribution in [0, 0.1) is 0 Å². The van der Waals surface area contributed by atoms with Gasteiger partial charge in [-0.05, 0) is 375 Å². The van der Waals surface area contributed by atoms with Gasteiger partial charge in [-0.3, -0.25) is 0 Å². The maximum Gasteiger partial charge on any atom is 0.0468 e. The first-order valence-corrected chi connectivity index (χ1v) is 52.0. The molecule has 0 unspecified atom stereocenters. The van der Waals surface area contributed by atoms with Gasteiger partial charge in [0, 0.05) is 85.3 Å². The van der Waals surface area contributed by atoms with Gasteiger partial charge < -0.3 is 24.5 Å². The minimum Gasteiger partial charge on any atom is -0.311 e. The molecule has 0 fully saturated rings. The van der Waals surface area contributed by atoms with Crippen LogP contribution in [0.5, 0.6) is 0 Å². The summed E-state index contributed by atoms with van der Waals surface area (Å²) in [6, 6.07) is 211. The molecule has 29 rings (SSSR count). The van der Waals surface area contributed by atoms with Crippen LogP contribution in [-0.4, -0.2) is 0 Å². The summed E-state index contributed by atoms with van der Waals surface area (Å²) < 4.78 is 0. The van der Waals surface area contributed by atoms with E-state index in [1.807, 2.05) is 0 Å². The number of para-hydroxylation sites is 7. The normalized spacial score (nSPS) is 11.7. The molecular formula is C145H107N5. The van der Waals surface area contributed by atoms with Crippen LogP contribution in [0.3, 0.4) is 0 Å². The van der Waals surface area contributed by atoms with E-state index < -0.39 is 0 Å². The SMILES string of the molecule is c1ccc(-c2ccc(N(c3ccc4c(c3)-c3ccccc3C4)c3ccc4ccccc4c3)cc2)cc1.c1ccc(N(c2ccc3c(c2)-c2ccccc2C3)c2ccc3ccccc3c2)cc1.c1ccc(N(c2ccccc2)c2ccc(-c3ccc4c(c3)-c3ccccc3C4)cc2)cc1.c1ccc(N(c2ccccc2)c2ccc3c(c2)-c2ccccc2C3)cc1.c1ccc(N(c2ccccc2)c2ccc3c(c2)Cc2ccccc2-3)cc1. The maximum atomic E-state index is 2.38. The smallest absolute Gasteiger partial charge is 0.0468 e. The van der Waals surface area contributed by atoms with Crippen molar-refractivity contribution in [2.45, 2.75) is 32.1 Å². The lowest BCUT2D eigenvalue weighted by Gasteiger charge is -2.27. The lowest BCUT2D eigenvalue weighted by molar-refractivity contribution is 1.23. The summed E-state index contributed by atoms with van der Waals surface area (Å²) >= 11 is 0. The van der Waals surface area contributed by atoms with Crippen molar-refractivity contribution in [3.05, 3.63) is 644 Å². The zero-order valence-corrected chi connectivity index (χ0v) is 83.3. The molecule has 0 aliphatic heterocycles. The van der Waals surface area contributed by atoms with E-state index in [0.717, 1.165) is 60.5 Å². The summed E-state index contributed by atoms with van der Waals surface area (Å²) in [5.74, 6) is 0. The van der Waals surface area contributed by atoms with Gasteiger partial charge in [-0.25, -0.2) is 0 Å². The summed E-state index contributed by atoms with van der Waals surface area (Å²) in [7, 11) is 0. The molecule has 0 radical (unpaired) electrons. The average Bonchev–Trinajstić information content (AvgIpc) is 1.57. The molecule has 0 N–H and O–H groups in total. The molecule has 0 saturated carbocycles. The third kappa shape index (κ3) is 19.0. The van der Waals surface area contributed by atoms with E-state index >= 15 is 0 Å². The van der Waals surface area contributed by atoms with E-state index in [0.29, 0.717) is 0 Å². The second-order valence-electron chi connectivity index (χ2n) is 39.0. The number of hydrogen-bond donors (Lipinski definition) is 0. The number of hydrogen-bond acceptors (Lipinski definition) is 5. The number of anilines is 15. The van der Waals surface area contributed by atoms with Crippen LogP contribution in [0.2, 0.25) is 0 Å². The highest BCUT2D eigenvalue weighted by Gasteiger charge is 2.29. The Bertz CT molecular complexity index is 8830. The largest absolute Gasteiger partial charge is 0.311 e. The van der Waals surface area contributed by atoms with E-state index in [9.17, 15) is 0 Å². The maximum absolute atomic E-state index is 2.38. The van der Waals surface area contributed by atoms with Crippen molar-refractivity contribution in [1.29, 1.82) is 0 Å². The lowest BCUT2D eigenvalue weighted by atomic mass is 9.98. The summed E-state index contributed by atoms with van der Waals surface area (Å²) in [5.41, 5.74) is 50.3. The predicted octanol–water partition coefficient (Wildman–Crippen LogP) is 39.3. The highest BCUT2D eigenvalue weighted by atomic mass is 15.2. The fraction of sp³-hybridized carbons (Fsp3) is 0.0345. The molecule has 0 aromatic heterocycles. The Morgan fingerprint density at radius 3 is 0.613 bits per heavy atom. The Balaban J connectivity index is 0.0000000975. The van der Waals surface area contributed by atoms with Crippen molar-refractivity contribution in [3.63, 3.8) is 0 Å². The molecule has 150 heavy (non-hydrogen) atoms. The summed E-state index contributed by atoms with van der Waals surface area (Å²) in [4.78, 5) is 11.7. The van der Waals surface area contributed by atoms with Crippen LogP contribution in [-0.2, 0) is 32.1 Å². The Hall–Kier alpha value is -19.2. The summed E-state index contributed by atoms with van der Waals surface area (Å²) in [6.07, 6.45) is 5.10. The van der Waals surface area contributed by atoms with Gasteiger partial charge in [0.15, 0.2) is 0 Å². The second-order valence-corrected chi connectivity index (χ2v) is 39.0. The van der Waals surface area contributed by atoms with Crippen molar-refractivity contribution in [1.82, 2.24) is 0 Å². The molecule has 0 saturated heterocycles. The highest BCUT2D eigenvalue weighted by molar-refractivity contribution is 5.96. The van der Waals surface area contributed by atoms with Crippen LogP contribution < -0.4 is 24.5 Å². The van der Waals surface area contributed by atoms with Crippen LogP contribution in [0.15, 0.2) is 588 Å². The van der Waals surface area contributed by atoms with Gasteiger partial charge in [-0.2, -0.15) is 0 Å². The zero-order chi connectivity index (χ0) is 99.8. The van der Waals surface area contributed by atoms with Crippen LogP contribution in [0.1, 0.15) is 55.6 Å². The van der Waals surface area contributed by atoms with Crippen molar-refractivity contribution < 1.29 is 0 Å². The van der Waals surface area contributed by atoms with Gasteiger partial charge in [-0.15, -0.1) is 0 Å². The Morgan fingerprint density at radius 2 is 0.280 bits per heavy atom. The van der Waals surface area contributed by atoms with Crippen LogP contribution in [0.25, 0.3) is 99.4 Å². The Kier molecular flexibility index (Phi) is 25.7. The molecular weight excluding hydrogens is 1810 g/mol. The topological polar surface area (TPSA) is 16.2 Å². The monoisotopic (exact) mass is 1920 g/mol. The molecule has 5 aliphatic rings. The number of nitrogens with zero attached hydrogens (tertiary/aromatic N) is 5. The third-order valence-corrected chi connectivity index (χ3v) is 29.7. The molecule has 0 spiro atoms. The third-order valence-electron chi connectivity index (χ3n) is 29.7. The first-order valence-electron chi connectivity index (χ1n) is 52.0. The average molecular weight is 1920 g/mol. The van der Waals surface area contributed by atoms with Gasteiger partial charge in [0.25, 0.3) is 0 Å². The Morgan fingerprint density at radius 1 is 0.0933 bits per heavy atom. The zero-order valence-electron chi connectivity index (χ0n) is 83.3. The van der Waals surface area contributed by atoms with Gasteiger partial charge >= 0.3 is 0 Å². The molecule has 0 heterocycles. The lowest BCUT2D eigenvalue weighted by Crippen LogP contribution is -2.10. The van der Waals surface area contributed by atoms with E-state index in [-0.39, 0.29) is 0 Å². The summed E-state index contributed by atoms with van der Waals surface area (Å²) in [5, 5.41) is 5.01. The molecule has 0 bridgehead atoms. The number of benzene rings is 24. The van der Waals surface area contributed by atoms with Crippen LogP contribution >= 0.6 is 0 Å². The molecule has 5 aliphatic carbocycles. The van der Waals surface area contributed by atoms with Gasteiger partial charge in [0.2, 0.25) is 0 Å². The standard InChI is InChI=1S/C35H25N.C31H23N.C29H21N.2C25H19N/c1-2-8-25(9-3-1)27-14-18-31(19-15-27)36(32-20-16-26-10-4-5-11-28(26)23-32)33-21-17-30-22-29-12-6-7-13-34(29)35(30)24-33;1-3-10-27(11-4-1)32(28-12-5-2-6-13-28)29-19-17-23(18-20-29)24-15-16-26-21-25-9-7-8-14-30(25)31(26)22-24;1-2-11-25(12-3-1)30(26-16-14-21-8-4-5-9-22(21)19-26)27-17-15-24-18-23-10-6-7-13-28(23)29(24)20-27;1-3-10-21(11-4-1)26(22-12-5-2-6-13-22)23-15-16-25-20(18-23)17-19-9-7-8-14-24(19)25;1-3-10-21(11-4-1)26(22-12-5-2-6-13-22)23-16-15-20-17-19-9-7-8-14-24(19)25(20)18-23/h1-21,23-24H,22H2;1-20,22H,21H2;1-17,19-20H,18H2;2*1-16,18H,17H2. The highest BCUT2D eigenvalue weighted by Crippen LogP contribution is 2.50. The fourth-order valence-electron chi connectivity index (χ4n) is 22.5. The molecule has 24 aromatic rings. The Labute approximate surface area is 879 Å². The molecule has 24 aromatic carbocycles. The van der Waals surface area contributed by atoms with Crippen molar-refractivity contribution in [3.8, 4) is 77.9 Å². The number of rotatable bonds is 17. The van der Waals surface area contributed by atoms with E-state index in [1.165, 1.54) is 212 Å². The fourth-order valence-corrected chi connectivity index (χ4v) is 22.5. The minimum atomic E-state index is 1.01. The molecule has 712 valence electrons. The molecule has 5 nitrogen and oxygen atoms in total. The first-order chi connectivity index (χ1) is 74.4. The van der Waals surface area contributed by atoms with Crippen molar-refractivity contribution in [2.24, 2.45) is 0 Å². The van der Waals surface area contributed by atoms with E-state index in [1.54, 1.807) is 0 Å². The molecule has 0 atom stereocenters. The number of fused-ring (bicyclic) bond motifs is 17. The van der Waals surface area contributed by atoms with Crippen molar-refractivity contribution >= 4 is 107 Å². The quantitative estimate of drug-likeness (QED) is 0.0900. The molecule has 0 amide bonds.